The van der Waals surface area contributed by atoms with Crippen LogP contribution < -0.4 is 0 Å². The highest BCUT2D eigenvalue weighted by molar-refractivity contribution is 5.75. The molecule has 15 heavy (non-hydrogen) atoms. The predicted molar refractivity (Wildman–Crippen MR) is 47.7 cm³/mol. The van der Waals surface area contributed by atoms with Crippen molar-refractivity contribution in [2.45, 2.75) is 32.5 Å². The van der Waals surface area contributed by atoms with Gasteiger partial charge in [0.25, 0.3) is 0 Å². The summed E-state index contributed by atoms with van der Waals surface area (Å²) in [6.07, 6.45) is -1.39. The van der Waals surface area contributed by atoms with E-state index in [0.717, 1.165) is 17.3 Å². The molecule has 0 aliphatic rings. The van der Waals surface area contributed by atoms with Crippen LogP contribution in [0.25, 0.3) is 0 Å². The molecule has 0 saturated heterocycles. The lowest BCUT2D eigenvalue weighted by Gasteiger charge is -2.05. The summed E-state index contributed by atoms with van der Waals surface area (Å²) in [6, 6.07) is 0. The molecular formula is C9H11F3N2O. The van der Waals surface area contributed by atoms with E-state index in [1.807, 2.05) is 6.92 Å². The molecule has 1 aromatic rings. The number of carbonyl (C=O) groups excluding carboxylic acids is 1. The van der Waals surface area contributed by atoms with Crippen LogP contribution in [0.1, 0.15) is 29.4 Å². The van der Waals surface area contributed by atoms with Crippen molar-refractivity contribution >= 4 is 6.29 Å². The highest BCUT2D eigenvalue weighted by Crippen LogP contribution is 2.18. The van der Waals surface area contributed by atoms with E-state index in [1.165, 1.54) is 0 Å². The third kappa shape index (κ3) is 3.38. The molecule has 0 radical (unpaired) electrons. The van der Waals surface area contributed by atoms with Gasteiger partial charge in [0.05, 0.1) is 11.3 Å². The van der Waals surface area contributed by atoms with E-state index in [2.05, 4.69) is 5.10 Å². The van der Waals surface area contributed by atoms with Crippen molar-refractivity contribution in [1.82, 2.24) is 9.78 Å². The number of aryl methyl sites for hydroxylation is 1. The van der Waals surface area contributed by atoms with Crippen LogP contribution in [0.3, 0.4) is 0 Å². The molecule has 6 heteroatoms. The monoisotopic (exact) mass is 220 g/mol. The van der Waals surface area contributed by atoms with Crippen LogP contribution in [0.5, 0.6) is 0 Å². The fraction of sp³-hybridized carbons (Fsp3) is 0.556. The Bertz CT molecular complexity index is 344. The molecule has 0 atom stereocenters. The zero-order chi connectivity index (χ0) is 11.5. The van der Waals surface area contributed by atoms with E-state index in [-0.39, 0.29) is 5.56 Å². The summed E-state index contributed by atoms with van der Waals surface area (Å²) < 4.78 is 36.8. The zero-order valence-electron chi connectivity index (χ0n) is 8.21. The van der Waals surface area contributed by atoms with Crippen LogP contribution >= 0.6 is 0 Å². The summed E-state index contributed by atoms with van der Waals surface area (Å²) in [5.41, 5.74) is 0.665. The van der Waals surface area contributed by atoms with Crippen LogP contribution in [0.4, 0.5) is 13.2 Å². The molecular weight excluding hydrogens is 209 g/mol. The number of aromatic nitrogens is 2. The third-order valence-corrected chi connectivity index (χ3v) is 1.83. The molecule has 0 spiro atoms. The van der Waals surface area contributed by atoms with E-state index in [4.69, 9.17) is 0 Å². The number of carbonyl (C=O) groups is 1. The molecule has 0 fully saturated rings. The lowest BCUT2D eigenvalue weighted by atomic mass is 10.2. The van der Waals surface area contributed by atoms with Gasteiger partial charge in [0.2, 0.25) is 0 Å². The Labute approximate surface area is 84.9 Å². The Morgan fingerprint density at radius 2 is 2.20 bits per heavy atom. The number of halogens is 3. The first-order valence-corrected chi connectivity index (χ1v) is 4.54. The highest BCUT2D eigenvalue weighted by atomic mass is 19.4. The number of nitrogens with zero attached hydrogens (tertiary/aromatic N) is 2. The van der Waals surface area contributed by atoms with Gasteiger partial charge in [-0.1, -0.05) is 13.3 Å². The van der Waals surface area contributed by atoms with Gasteiger partial charge < -0.3 is 0 Å². The van der Waals surface area contributed by atoms with Crippen molar-refractivity contribution < 1.29 is 18.0 Å². The first-order chi connectivity index (χ1) is 6.96. The van der Waals surface area contributed by atoms with Gasteiger partial charge in [0, 0.05) is 6.20 Å². The second-order valence-electron chi connectivity index (χ2n) is 3.21. The Kier molecular flexibility index (Phi) is 3.49. The summed E-state index contributed by atoms with van der Waals surface area (Å²) in [4.78, 5) is 10.5. The molecule has 0 bridgehead atoms. The number of rotatable bonds is 4. The van der Waals surface area contributed by atoms with Gasteiger partial charge in [-0.15, -0.1) is 0 Å². The topological polar surface area (TPSA) is 34.9 Å². The maximum Gasteiger partial charge on any atom is 0.408 e. The van der Waals surface area contributed by atoms with Crippen molar-refractivity contribution in [3.63, 3.8) is 0 Å². The highest BCUT2D eigenvalue weighted by Gasteiger charge is 2.28. The Morgan fingerprint density at radius 3 is 2.67 bits per heavy atom. The lowest BCUT2D eigenvalue weighted by molar-refractivity contribution is -0.142. The van der Waals surface area contributed by atoms with Gasteiger partial charge in [-0.05, 0) is 6.42 Å². The predicted octanol–water partition coefficient (Wildman–Crippen LogP) is 2.21. The van der Waals surface area contributed by atoms with Gasteiger partial charge in [0.15, 0.2) is 6.29 Å². The minimum Gasteiger partial charge on any atom is -0.298 e. The fourth-order valence-corrected chi connectivity index (χ4v) is 1.27. The van der Waals surface area contributed by atoms with E-state index in [9.17, 15) is 18.0 Å². The molecule has 0 saturated carbocycles. The van der Waals surface area contributed by atoms with Gasteiger partial charge in [-0.25, -0.2) is 0 Å². The summed E-state index contributed by atoms with van der Waals surface area (Å²) in [5, 5.41) is 3.72. The molecule has 3 nitrogen and oxygen atoms in total. The second kappa shape index (κ2) is 4.46. The van der Waals surface area contributed by atoms with Crippen LogP contribution in [-0.4, -0.2) is 22.2 Å². The standard InChI is InChI=1S/C9H11F3N2O/c1-2-3-8-7(5-15)4-14(13-8)6-9(10,11)12/h4-5H,2-3,6H2,1H3. The quantitative estimate of drug-likeness (QED) is 0.729. The first-order valence-electron chi connectivity index (χ1n) is 4.54. The summed E-state index contributed by atoms with van der Waals surface area (Å²) in [7, 11) is 0. The van der Waals surface area contributed by atoms with Crippen LogP contribution in [0, 0.1) is 0 Å². The lowest BCUT2D eigenvalue weighted by Crippen LogP contribution is -2.18. The van der Waals surface area contributed by atoms with Crippen LogP contribution in [-0.2, 0) is 13.0 Å². The molecule has 84 valence electrons. The smallest absolute Gasteiger partial charge is 0.298 e. The Morgan fingerprint density at radius 1 is 1.53 bits per heavy atom. The maximum atomic E-state index is 12.0. The van der Waals surface area contributed by atoms with Crippen molar-refractivity contribution in [3.8, 4) is 0 Å². The van der Waals surface area contributed by atoms with Crippen LogP contribution in [0.15, 0.2) is 6.20 Å². The third-order valence-electron chi connectivity index (χ3n) is 1.83. The van der Waals surface area contributed by atoms with E-state index in [0.29, 0.717) is 18.4 Å². The average molecular weight is 220 g/mol. The second-order valence-corrected chi connectivity index (χ2v) is 3.21. The average Bonchev–Trinajstić information content (AvgIpc) is 2.45. The van der Waals surface area contributed by atoms with Crippen molar-refractivity contribution in [2.24, 2.45) is 0 Å². The maximum absolute atomic E-state index is 12.0. The normalized spacial score (nSPS) is 11.7. The zero-order valence-corrected chi connectivity index (χ0v) is 8.21. The Hall–Kier alpha value is -1.33. The molecule has 0 aliphatic heterocycles. The number of hydrogen-bond acceptors (Lipinski definition) is 2. The largest absolute Gasteiger partial charge is 0.408 e. The molecule has 0 N–H and O–H groups in total. The SMILES string of the molecule is CCCc1nn(CC(F)(F)F)cc1C=O. The summed E-state index contributed by atoms with van der Waals surface area (Å²) in [5.74, 6) is 0. The Balaban J connectivity index is 2.87. The molecule has 0 aliphatic carbocycles. The molecule has 1 rings (SSSR count). The first kappa shape index (κ1) is 11.7. The summed E-state index contributed by atoms with van der Waals surface area (Å²) >= 11 is 0. The molecule has 0 aromatic carbocycles. The van der Waals surface area contributed by atoms with E-state index in [1.54, 1.807) is 0 Å². The van der Waals surface area contributed by atoms with Gasteiger partial charge in [0.1, 0.15) is 6.54 Å². The van der Waals surface area contributed by atoms with Crippen LogP contribution in [0.2, 0.25) is 0 Å². The summed E-state index contributed by atoms with van der Waals surface area (Å²) in [6.45, 7) is 0.717. The number of alkyl halides is 3. The van der Waals surface area contributed by atoms with Crippen molar-refractivity contribution in [2.75, 3.05) is 0 Å². The molecule has 1 aromatic heterocycles. The molecule has 0 amide bonds. The van der Waals surface area contributed by atoms with E-state index >= 15 is 0 Å². The molecule has 0 unspecified atom stereocenters. The minimum atomic E-state index is -4.31. The number of aldehydes is 1. The molecule has 1 heterocycles. The van der Waals surface area contributed by atoms with E-state index < -0.39 is 12.7 Å². The van der Waals surface area contributed by atoms with Gasteiger partial charge >= 0.3 is 6.18 Å². The van der Waals surface area contributed by atoms with Crippen molar-refractivity contribution in [3.05, 3.63) is 17.5 Å². The van der Waals surface area contributed by atoms with Gasteiger partial charge in [-0.2, -0.15) is 18.3 Å². The van der Waals surface area contributed by atoms with Crippen molar-refractivity contribution in [1.29, 1.82) is 0 Å². The fourth-order valence-electron chi connectivity index (χ4n) is 1.27. The van der Waals surface area contributed by atoms with Gasteiger partial charge in [-0.3, -0.25) is 9.48 Å². The minimum absolute atomic E-state index is 0.237. The number of hydrogen-bond donors (Lipinski definition) is 0.